The topological polar surface area (TPSA) is 98.6 Å². The second kappa shape index (κ2) is 6.95. The normalized spacial score (nSPS) is 10.9. The van der Waals surface area contributed by atoms with Gasteiger partial charge in [-0.3, -0.25) is 19.3 Å². The third-order valence-electron chi connectivity index (χ3n) is 4.31. The molecule has 0 aliphatic carbocycles. The van der Waals surface area contributed by atoms with E-state index in [1.165, 1.54) is 10.6 Å². The third-order valence-corrected chi connectivity index (χ3v) is 4.31. The fourth-order valence-electron chi connectivity index (χ4n) is 3.01. The molecule has 140 valence electrons. The summed E-state index contributed by atoms with van der Waals surface area (Å²) in [5, 5.41) is 15.9. The second-order valence-corrected chi connectivity index (χ2v) is 6.26. The standard InChI is InChI=1S/C19H16N6O3/c1-22(12-14-11-20-24(13-14)15-7-3-2-4-8-15)18-17(25(27)28)19(26)23-10-6-5-9-16(23)21-18/h2-11,13H,12H2,1H3. The van der Waals surface area contributed by atoms with Gasteiger partial charge in [-0.2, -0.15) is 5.10 Å². The van der Waals surface area contributed by atoms with Crippen LogP contribution >= 0.6 is 0 Å². The van der Waals surface area contributed by atoms with E-state index in [9.17, 15) is 14.9 Å². The molecule has 0 radical (unpaired) electrons. The van der Waals surface area contributed by atoms with E-state index >= 15 is 0 Å². The van der Waals surface area contributed by atoms with E-state index in [2.05, 4.69) is 10.1 Å². The summed E-state index contributed by atoms with van der Waals surface area (Å²) in [4.78, 5) is 29.4. The van der Waals surface area contributed by atoms with Gasteiger partial charge in [-0.1, -0.05) is 24.3 Å². The Kier molecular flexibility index (Phi) is 4.32. The van der Waals surface area contributed by atoms with E-state index in [-0.39, 0.29) is 5.82 Å². The SMILES string of the molecule is CN(Cc1cnn(-c2ccccc2)c1)c1nc2ccccn2c(=O)c1[N+](=O)[O-]. The Morgan fingerprint density at radius 3 is 2.64 bits per heavy atom. The molecular weight excluding hydrogens is 360 g/mol. The number of benzene rings is 1. The average molecular weight is 376 g/mol. The van der Waals surface area contributed by atoms with Crippen LogP contribution in [0.15, 0.2) is 71.9 Å². The van der Waals surface area contributed by atoms with E-state index in [0.29, 0.717) is 12.2 Å². The number of pyridine rings is 1. The van der Waals surface area contributed by atoms with Gasteiger partial charge >= 0.3 is 11.2 Å². The molecular formula is C19H16N6O3. The van der Waals surface area contributed by atoms with Crippen molar-refractivity contribution < 1.29 is 4.92 Å². The molecule has 0 N–H and O–H groups in total. The second-order valence-electron chi connectivity index (χ2n) is 6.26. The van der Waals surface area contributed by atoms with Crippen LogP contribution in [-0.2, 0) is 6.54 Å². The molecule has 0 aliphatic rings. The number of rotatable bonds is 5. The van der Waals surface area contributed by atoms with Crippen LogP contribution in [0.2, 0.25) is 0 Å². The molecule has 0 bridgehead atoms. The van der Waals surface area contributed by atoms with Crippen molar-refractivity contribution in [3.63, 3.8) is 0 Å². The van der Waals surface area contributed by atoms with Crippen LogP contribution in [0, 0.1) is 10.1 Å². The zero-order valence-electron chi connectivity index (χ0n) is 15.0. The molecule has 0 atom stereocenters. The fourth-order valence-corrected chi connectivity index (χ4v) is 3.01. The molecule has 9 heteroatoms. The van der Waals surface area contributed by atoms with Gasteiger partial charge in [0.05, 0.1) is 16.8 Å². The summed E-state index contributed by atoms with van der Waals surface area (Å²) in [5.74, 6) is 0.0219. The van der Waals surface area contributed by atoms with Crippen molar-refractivity contribution in [1.29, 1.82) is 0 Å². The van der Waals surface area contributed by atoms with E-state index in [0.717, 1.165) is 11.3 Å². The number of fused-ring (bicyclic) bond motifs is 1. The lowest BCUT2D eigenvalue weighted by atomic mass is 10.3. The lowest BCUT2D eigenvalue weighted by Crippen LogP contribution is -2.26. The number of para-hydroxylation sites is 1. The summed E-state index contributed by atoms with van der Waals surface area (Å²) in [5.41, 5.74) is 0.819. The highest BCUT2D eigenvalue weighted by atomic mass is 16.6. The molecule has 9 nitrogen and oxygen atoms in total. The predicted molar refractivity (Wildman–Crippen MR) is 104 cm³/mol. The first-order valence-corrected chi connectivity index (χ1v) is 8.50. The molecule has 0 amide bonds. The molecule has 28 heavy (non-hydrogen) atoms. The van der Waals surface area contributed by atoms with Crippen LogP contribution in [0.5, 0.6) is 0 Å². The lowest BCUT2D eigenvalue weighted by Gasteiger charge is -2.17. The van der Waals surface area contributed by atoms with Gasteiger partial charge in [-0.25, -0.2) is 9.67 Å². The van der Waals surface area contributed by atoms with Crippen molar-refractivity contribution in [2.24, 2.45) is 0 Å². The number of hydrogen-bond donors (Lipinski definition) is 0. The minimum atomic E-state index is -0.711. The van der Waals surface area contributed by atoms with Gasteiger partial charge in [0.2, 0.25) is 5.82 Å². The van der Waals surface area contributed by atoms with Gasteiger partial charge in [0.1, 0.15) is 5.65 Å². The molecule has 0 saturated heterocycles. The van der Waals surface area contributed by atoms with Crippen molar-refractivity contribution in [2.75, 3.05) is 11.9 Å². The van der Waals surface area contributed by atoms with Crippen molar-refractivity contribution in [3.05, 3.63) is 93.2 Å². The highest BCUT2D eigenvalue weighted by molar-refractivity contribution is 5.61. The summed E-state index contributed by atoms with van der Waals surface area (Å²) in [7, 11) is 1.66. The Balaban J connectivity index is 1.70. The molecule has 4 aromatic rings. The molecule has 3 heterocycles. The quantitative estimate of drug-likeness (QED) is 0.392. The molecule has 4 rings (SSSR count). The first-order valence-electron chi connectivity index (χ1n) is 8.50. The van der Waals surface area contributed by atoms with Crippen molar-refractivity contribution in [1.82, 2.24) is 19.2 Å². The smallest absolute Gasteiger partial charge is 0.349 e. The van der Waals surface area contributed by atoms with Gasteiger partial charge in [0.25, 0.3) is 0 Å². The Bertz CT molecular complexity index is 1220. The molecule has 1 aromatic carbocycles. The summed E-state index contributed by atoms with van der Waals surface area (Å²) in [6.07, 6.45) is 4.99. The van der Waals surface area contributed by atoms with Gasteiger partial charge in [0, 0.05) is 31.5 Å². The monoisotopic (exact) mass is 376 g/mol. The molecule has 0 saturated carbocycles. The number of nitro groups is 1. The highest BCUT2D eigenvalue weighted by Gasteiger charge is 2.26. The Hall–Kier alpha value is -4.01. The summed E-state index contributed by atoms with van der Waals surface area (Å²) >= 11 is 0. The van der Waals surface area contributed by atoms with Crippen molar-refractivity contribution in [3.8, 4) is 5.69 Å². The first-order chi connectivity index (χ1) is 13.5. The maximum Gasteiger partial charge on any atom is 0.376 e. The van der Waals surface area contributed by atoms with E-state index < -0.39 is 16.2 Å². The van der Waals surface area contributed by atoms with Gasteiger partial charge in [-0.05, 0) is 24.3 Å². The Labute approximate surface area is 159 Å². The van der Waals surface area contributed by atoms with E-state index in [1.54, 1.807) is 41.0 Å². The Morgan fingerprint density at radius 2 is 1.89 bits per heavy atom. The van der Waals surface area contributed by atoms with Crippen LogP contribution < -0.4 is 10.5 Å². The van der Waals surface area contributed by atoms with Gasteiger partial charge in [0.15, 0.2) is 0 Å². The van der Waals surface area contributed by atoms with Crippen LogP contribution in [0.4, 0.5) is 11.5 Å². The zero-order valence-corrected chi connectivity index (χ0v) is 15.0. The minimum Gasteiger partial charge on any atom is -0.349 e. The van der Waals surface area contributed by atoms with Crippen molar-refractivity contribution >= 4 is 17.2 Å². The molecule has 3 aromatic heterocycles. The summed E-state index contributed by atoms with van der Waals surface area (Å²) in [6, 6.07) is 14.6. The van der Waals surface area contributed by atoms with Gasteiger partial charge < -0.3 is 4.90 Å². The van der Waals surface area contributed by atoms with Crippen LogP contribution in [-0.4, -0.2) is 31.1 Å². The number of hydrogen-bond acceptors (Lipinski definition) is 6. The molecule has 0 fully saturated rings. The molecule has 0 spiro atoms. The molecule has 0 unspecified atom stereocenters. The van der Waals surface area contributed by atoms with Crippen LogP contribution in [0.1, 0.15) is 5.56 Å². The summed E-state index contributed by atoms with van der Waals surface area (Å²) in [6.45, 7) is 0.309. The Morgan fingerprint density at radius 1 is 1.14 bits per heavy atom. The number of aromatic nitrogens is 4. The summed E-state index contributed by atoms with van der Waals surface area (Å²) < 4.78 is 2.89. The predicted octanol–water partition coefficient (Wildman–Crippen LogP) is 2.42. The minimum absolute atomic E-state index is 0.0219. The van der Waals surface area contributed by atoms with Crippen LogP contribution in [0.25, 0.3) is 11.3 Å². The maximum absolute atomic E-state index is 12.6. The molecule has 0 aliphatic heterocycles. The maximum atomic E-state index is 12.6. The number of anilines is 1. The van der Waals surface area contributed by atoms with Crippen molar-refractivity contribution in [2.45, 2.75) is 6.54 Å². The zero-order chi connectivity index (χ0) is 19.7. The largest absolute Gasteiger partial charge is 0.376 e. The number of nitrogens with zero attached hydrogens (tertiary/aromatic N) is 6. The fraction of sp³-hybridized carbons (Fsp3) is 0.105. The van der Waals surface area contributed by atoms with E-state index in [4.69, 9.17) is 0 Å². The lowest BCUT2D eigenvalue weighted by molar-refractivity contribution is -0.385. The first kappa shape index (κ1) is 17.4. The third kappa shape index (κ3) is 3.09. The average Bonchev–Trinajstić information content (AvgIpc) is 3.16. The van der Waals surface area contributed by atoms with Gasteiger partial charge in [-0.15, -0.1) is 0 Å². The van der Waals surface area contributed by atoms with Crippen LogP contribution in [0.3, 0.4) is 0 Å². The highest BCUT2D eigenvalue weighted by Crippen LogP contribution is 2.23. The van der Waals surface area contributed by atoms with E-state index in [1.807, 2.05) is 36.5 Å².